The summed E-state index contributed by atoms with van der Waals surface area (Å²) in [5.74, 6) is 0.159. The normalized spacial score (nSPS) is 10.5. The highest BCUT2D eigenvalue weighted by Gasteiger charge is 2.13. The molecular weight excluding hydrogens is 314 g/mol. The number of nitrogens with zero attached hydrogens (tertiary/aromatic N) is 2. The molecule has 0 saturated heterocycles. The molecule has 6 heteroatoms. The van der Waals surface area contributed by atoms with E-state index in [0.717, 1.165) is 5.56 Å². The zero-order valence-electron chi connectivity index (χ0n) is 12.0. The Hall–Kier alpha value is -2.79. The van der Waals surface area contributed by atoms with Crippen molar-refractivity contribution in [2.24, 2.45) is 0 Å². The van der Waals surface area contributed by atoms with Gasteiger partial charge in [0.25, 0.3) is 5.56 Å². The average Bonchev–Trinajstić information content (AvgIpc) is 2.58. The first-order valence-electron chi connectivity index (χ1n) is 6.93. The summed E-state index contributed by atoms with van der Waals surface area (Å²) >= 11 is 5.79. The van der Waals surface area contributed by atoms with E-state index in [0.29, 0.717) is 16.4 Å². The first-order chi connectivity index (χ1) is 11.1. The van der Waals surface area contributed by atoms with Crippen LogP contribution in [-0.2, 0) is 6.42 Å². The van der Waals surface area contributed by atoms with Crippen molar-refractivity contribution in [3.05, 3.63) is 81.2 Å². The van der Waals surface area contributed by atoms with Gasteiger partial charge < -0.3 is 4.98 Å². The van der Waals surface area contributed by atoms with Crippen LogP contribution in [0.15, 0.2) is 59.4 Å². The molecule has 1 heterocycles. The molecule has 0 amide bonds. The molecule has 2 aromatic carbocycles. The molecule has 0 bridgehead atoms. The predicted octanol–water partition coefficient (Wildman–Crippen LogP) is 2.91. The summed E-state index contributed by atoms with van der Waals surface area (Å²) in [6, 6.07) is 15.7. The average molecular weight is 326 g/mol. The maximum Gasteiger partial charge on any atom is 0.273 e. The van der Waals surface area contributed by atoms with Gasteiger partial charge in [0.15, 0.2) is 11.6 Å². The fourth-order valence-electron chi connectivity index (χ4n) is 2.09. The Morgan fingerprint density at radius 3 is 2.35 bits per heavy atom. The van der Waals surface area contributed by atoms with Crippen LogP contribution in [0.25, 0.3) is 11.4 Å². The predicted molar refractivity (Wildman–Crippen MR) is 87.6 cm³/mol. The van der Waals surface area contributed by atoms with Crippen molar-refractivity contribution < 1.29 is 4.79 Å². The van der Waals surface area contributed by atoms with Crippen LogP contribution in [0.4, 0.5) is 0 Å². The van der Waals surface area contributed by atoms with Crippen LogP contribution >= 0.6 is 11.6 Å². The Morgan fingerprint density at radius 1 is 1.00 bits per heavy atom. The summed E-state index contributed by atoms with van der Waals surface area (Å²) in [7, 11) is 0. The van der Waals surface area contributed by atoms with Gasteiger partial charge in [0, 0.05) is 16.1 Å². The van der Waals surface area contributed by atoms with Gasteiger partial charge in [-0.05, 0) is 24.3 Å². The lowest BCUT2D eigenvalue weighted by atomic mass is 10.1. The van der Waals surface area contributed by atoms with E-state index in [1.165, 1.54) is 0 Å². The van der Waals surface area contributed by atoms with Crippen LogP contribution in [-0.4, -0.2) is 21.0 Å². The monoisotopic (exact) mass is 325 g/mol. The van der Waals surface area contributed by atoms with Gasteiger partial charge in [-0.3, -0.25) is 9.59 Å². The molecule has 0 aliphatic heterocycles. The first-order valence-corrected chi connectivity index (χ1v) is 7.31. The molecule has 1 N–H and O–H groups in total. The van der Waals surface area contributed by atoms with Crippen LogP contribution in [0.3, 0.4) is 0 Å². The van der Waals surface area contributed by atoms with Gasteiger partial charge in [0.1, 0.15) is 5.69 Å². The number of ketones is 1. The van der Waals surface area contributed by atoms with E-state index < -0.39 is 5.56 Å². The number of halogens is 1. The van der Waals surface area contributed by atoms with Crippen molar-refractivity contribution >= 4 is 17.4 Å². The molecule has 114 valence electrons. The number of hydrogen-bond donors (Lipinski definition) is 1. The number of carbonyl (C=O) groups is 1. The Morgan fingerprint density at radius 2 is 1.70 bits per heavy atom. The van der Waals surface area contributed by atoms with E-state index in [-0.39, 0.29) is 17.9 Å². The number of hydrogen-bond acceptors (Lipinski definition) is 4. The summed E-state index contributed by atoms with van der Waals surface area (Å²) in [5, 5.41) is 8.44. The molecule has 0 fully saturated rings. The molecule has 3 aromatic rings. The number of benzene rings is 2. The number of aromatic nitrogens is 3. The Kier molecular flexibility index (Phi) is 4.30. The van der Waals surface area contributed by atoms with Crippen molar-refractivity contribution in [2.45, 2.75) is 6.42 Å². The summed E-state index contributed by atoms with van der Waals surface area (Å²) in [5.41, 5.74) is 0.904. The highest BCUT2D eigenvalue weighted by Crippen LogP contribution is 2.12. The largest absolute Gasteiger partial charge is 0.303 e. The molecule has 23 heavy (non-hydrogen) atoms. The second-order valence-corrected chi connectivity index (χ2v) is 5.36. The van der Waals surface area contributed by atoms with E-state index in [4.69, 9.17) is 11.6 Å². The van der Waals surface area contributed by atoms with E-state index in [1.54, 1.807) is 24.3 Å². The zero-order valence-corrected chi connectivity index (χ0v) is 12.7. The Balaban J connectivity index is 1.83. The first kappa shape index (κ1) is 15.1. The Bertz CT molecular complexity index is 890. The number of rotatable bonds is 4. The van der Waals surface area contributed by atoms with Gasteiger partial charge in [0.2, 0.25) is 0 Å². The van der Waals surface area contributed by atoms with Gasteiger partial charge in [-0.2, -0.15) is 0 Å². The molecule has 3 rings (SSSR count). The highest BCUT2D eigenvalue weighted by molar-refractivity contribution is 6.30. The van der Waals surface area contributed by atoms with E-state index >= 15 is 0 Å². The minimum Gasteiger partial charge on any atom is -0.303 e. The quantitative estimate of drug-likeness (QED) is 0.748. The smallest absolute Gasteiger partial charge is 0.273 e. The molecular formula is C17H12ClN3O2. The molecule has 5 nitrogen and oxygen atoms in total. The van der Waals surface area contributed by atoms with Gasteiger partial charge in [-0.25, -0.2) is 0 Å². The van der Waals surface area contributed by atoms with Crippen molar-refractivity contribution in [3.63, 3.8) is 0 Å². The van der Waals surface area contributed by atoms with Crippen molar-refractivity contribution in [2.75, 3.05) is 0 Å². The lowest BCUT2D eigenvalue weighted by Gasteiger charge is -2.02. The second-order valence-electron chi connectivity index (χ2n) is 4.92. The van der Waals surface area contributed by atoms with Gasteiger partial charge in [-0.15, -0.1) is 10.2 Å². The third kappa shape index (κ3) is 3.52. The fraction of sp³-hybridized carbons (Fsp3) is 0.0588. The summed E-state index contributed by atoms with van der Waals surface area (Å²) < 4.78 is 0. The molecule has 0 radical (unpaired) electrons. The van der Waals surface area contributed by atoms with Crippen molar-refractivity contribution in [1.82, 2.24) is 15.2 Å². The summed E-state index contributed by atoms with van der Waals surface area (Å²) in [6.07, 6.45) is -0.112. The van der Waals surface area contributed by atoms with Gasteiger partial charge in [-0.1, -0.05) is 41.9 Å². The van der Waals surface area contributed by atoms with E-state index in [2.05, 4.69) is 15.2 Å². The van der Waals surface area contributed by atoms with Gasteiger partial charge in [0.05, 0.1) is 6.42 Å². The number of aromatic amines is 1. The minimum atomic E-state index is -0.416. The van der Waals surface area contributed by atoms with Crippen molar-refractivity contribution in [3.8, 4) is 11.4 Å². The number of carbonyl (C=O) groups excluding carboxylic acids is 1. The lowest BCUT2D eigenvalue weighted by Crippen LogP contribution is -2.20. The number of H-pyrrole nitrogens is 1. The van der Waals surface area contributed by atoms with Crippen LogP contribution in [0.5, 0.6) is 0 Å². The van der Waals surface area contributed by atoms with Crippen LogP contribution in [0.1, 0.15) is 16.1 Å². The van der Waals surface area contributed by atoms with E-state index in [9.17, 15) is 9.59 Å². The summed E-state index contributed by atoms with van der Waals surface area (Å²) in [6.45, 7) is 0. The minimum absolute atomic E-state index is 0.0876. The van der Waals surface area contributed by atoms with Gasteiger partial charge >= 0.3 is 0 Å². The number of nitrogens with one attached hydrogen (secondary N) is 1. The van der Waals surface area contributed by atoms with Crippen LogP contribution in [0.2, 0.25) is 5.02 Å². The highest BCUT2D eigenvalue weighted by atomic mass is 35.5. The second kappa shape index (κ2) is 6.54. The molecule has 0 aliphatic carbocycles. The summed E-state index contributed by atoms with van der Waals surface area (Å²) in [4.78, 5) is 26.9. The zero-order chi connectivity index (χ0) is 16.2. The van der Waals surface area contributed by atoms with Crippen LogP contribution < -0.4 is 5.56 Å². The third-order valence-electron chi connectivity index (χ3n) is 3.31. The van der Waals surface area contributed by atoms with E-state index in [1.807, 2.05) is 30.3 Å². The lowest BCUT2D eigenvalue weighted by molar-refractivity contribution is 0.0991. The standard InChI is InChI=1S/C17H12ClN3O2/c18-13-8-6-11(7-9-13)15(22)10-14-17(23)19-16(21-20-14)12-4-2-1-3-5-12/h1-9H,10H2,(H,19,21,23). The topological polar surface area (TPSA) is 75.7 Å². The molecule has 0 saturated carbocycles. The SMILES string of the molecule is O=C(Cc1nnc(-c2ccccc2)[nH]c1=O)c1ccc(Cl)cc1. The molecule has 0 atom stereocenters. The molecule has 1 aromatic heterocycles. The maximum absolute atomic E-state index is 12.2. The number of Topliss-reactive ketones (excluding diaryl/α,β-unsaturated/α-hetero) is 1. The van der Waals surface area contributed by atoms with Crippen LogP contribution in [0, 0.1) is 0 Å². The Labute approximate surface area is 137 Å². The maximum atomic E-state index is 12.2. The fourth-order valence-corrected chi connectivity index (χ4v) is 2.22. The molecule has 0 spiro atoms. The van der Waals surface area contributed by atoms with Crippen molar-refractivity contribution in [1.29, 1.82) is 0 Å². The third-order valence-corrected chi connectivity index (χ3v) is 3.56. The molecule has 0 unspecified atom stereocenters. The molecule has 0 aliphatic rings.